The zero-order valence-electron chi connectivity index (χ0n) is 21.6. The molecule has 34 heavy (non-hydrogen) atoms. The van der Waals surface area contributed by atoms with E-state index >= 15 is 0 Å². The molecule has 0 N–H and O–H groups in total. The largest absolute Gasteiger partial charge is 0.496 e. The highest BCUT2D eigenvalue weighted by atomic mass is 28.4. The average molecular weight is 489 g/mol. The third-order valence-corrected chi connectivity index (χ3v) is 10.5. The van der Waals surface area contributed by atoms with E-state index in [4.69, 9.17) is 23.4 Å². The standard InChI is InChI=1S/C26H36O7Si/c1-10-31-23(28)16-15-21(33-34(8,9)26(3,4)5)19-12-11-18-20(29-6)13-14-22(30-7)24(18)25(19)32-17(2)27/h11-16,21H,10H2,1-9H3/b16-15+/t21-/m0/s1. The van der Waals surface area contributed by atoms with Crippen LogP contribution in [0.3, 0.4) is 0 Å². The van der Waals surface area contributed by atoms with Gasteiger partial charge in [0.1, 0.15) is 17.2 Å². The zero-order chi connectivity index (χ0) is 25.7. The van der Waals surface area contributed by atoms with Gasteiger partial charge in [-0.3, -0.25) is 4.79 Å². The first kappa shape index (κ1) is 27.4. The maximum Gasteiger partial charge on any atom is 0.330 e. The first-order chi connectivity index (χ1) is 15.9. The molecule has 0 saturated carbocycles. The number of esters is 2. The van der Waals surface area contributed by atoms with Crippen molar-refractivity contribution in [2.75, 3.05) is 20.8 Å². The molecule has 0 unspecified atom stereocenters. The molecule has 2 aromatic carbocycles. The van der Waals surface area contributed by atoms with Crippen molar-refractivity contribution >= 4 is 31.0 Å². The Morgan fingerprint density at radius 2 is 1.65 bits per heavy atom. The van der Waals surface area contributed by atoms with Crippen molar-refractivity contribution in [2.45, 2.75) is 58.9 Å². The van der Waals surface area contributed by atoms with Crippen LogP contribution in [-0.2, 0) is 18.8 Å². The molecule has 0 aliphatic rings. The Hall–Kier alpha value is -2.84. The Kier molecular flexibility index (Phi) is 8.91. The minimum atomic E-state index is -2.31. The van der Waals surface area contributed by atoms with E-state index in [0.29, 0.717) is 28.2 Å². The maximum absolute atomic E-state index is 12.2. The Bertz CT molecular complexity index is 1070. The fourth-order valence-corrected chi connectivity index (χ4v) is 4.45. The molecule has 2 aromatic rings. The number of rotatable bonds is 9. The highest BCUT2D eigenvalue weighted by Crippen LogP contribution is 2.46. The molecule has 0 aliphatic carbocycles. The van der Waals surface area contributed by atoms with Crippen LogP contribution in [0.4, 0.5) is 0 Å². The van der Waals surface area contributed by atoms with Gasteiger partial charge in [-0.15, -0.1) is 0 Å². The van der Waals surface area contributed by atoms with Crippen LogP contribution < -0.4 is 14.2 Å². The molecule has 0 fully saturated rings. The fraction of sp³-hybridized carbons (Fsp3) is 0.462. The number of fused-ring (bicyclic) bond motifs is 1. The van der Waals surface area contributed by atoms with Crippen molar-refractivity contribution < 1.29 is 33.0 Å². The van der Waals surface area contributed by atoms with E-state index in [1.807, 2.05) is 12.1 Å². The van der Waals surface area contributed by atoms with Crippen LogP contribution in [0, 0.1) is 0 Å². The Balaban J connectivity index is 2.83. The zero-order valence-corrected chi connectivity index (χ0v) is 22.6. The third-order valence-electron chi connectivity index (χ3n) is 6.00. The molecule has 0 saturated heterocycles. The van der Waals surface area contributed by atoms with Crippen LogP contribution in [0.25, 0.3) is 10.8 Å². The predicted octanol–water partition coefficient (Wildman–Crippen LogP) is 5.96. The fourth-order valence-electron chi connectivity index (χ4n) is 3.26. The molecular weight excluding hydrogens is 452 g/mol. The van der Waals surface area contributed by atoms with E-state index in [1.165, 1.54) is 13.0 Å². The van der Waals surface area contributed by atoms with Crippen molar-refractivity contribution in [1.82, 2.24) is 0 Å². The van der Waals surface area contributed by atoms with Crippen molar-refractivity contribution in [1.29, 1.82) is 0 Å². The summed E-state index contributed by atoms with van der Waals surface area (Å²) in [5.74, 6) is 0.478. The van der Waals surface area contributed by atoms with Crippen LogP contribution >= 0.6 is 0 Å². The summed E-state index contributed by atoms with van der Waals surface area (Å²) in [5.41, 5.74) is 0.597. The molecule has 0 heterocycles. The second-order valence-corrected chi connectivity index (χ2v) is 14.1. The van der Waals surface area contributed by atoms with E-state index < -0.39 is 26.4 Å². The third kappa shape index (κ3) is 6.18. The summed E-state index contributed by atoms with van der Waals surface area (Å²) >= 11 is 0. The van der Waals surface area contributed by atoms with E-state index in [1.54, 1.807) is 39.4 Å². The summed E-state index contributed by atoms with van der Waals surface area (Å²) < 4.78 is 28.6. The van der Waals surface area contributed by atoms with Crippen molar-refractivity contribution in [3.05, 3.63) is 42.0 Å². The Morgan fingerprint density at radius 1 is 1.03 bits per heavy atom. The Labute approximate surface area is 203 Å². The number of carbonyl (C=O) groups is 2. The lowest BCUT2D eigenvalue weighted by Gasteiger charge is -2.39. The van der Waals surface area contributed by atoms with Crippen LogP contribution in [0.15, 0.2) is 36.4 Å². The van der Waals surface area contributed by atoms with Gasteiger partial charge in [-0.05, 0) is 49.3 Å². The molecule has 0 bridgehead atoms. The second-order valence-electron chi connectivity index (χ2n) is 9.38. The summed E-state index contributed by atoms with van der Waals surface area (Å²) in [5, 5.41) is 1.22. The molecule has 1 atom stereocenters. The number of benzene rings is 2. The van der Waals surface area contributed by atoms with Gasteiger partial charge in [-0.1, -0.05) is 26.8 Å². The minimum Gasteiger partial charge on any atom is -0.496 e. The summed E-state index contributed by atoms with van der Waals surface area (Å²) in [6, 6.07) is 7.26. The van der Waals surface area contributed by atoms with E-state index in [0.717, 1.165) is 5.39 Å². The Morgan fingerprint density at radius 3 is 2.18 bits per heavy atom. The van der Waals surface area contributed by atoms with Gasteiger partial charge in [0.2, 0.25) is 0 Å². The number of hydrogen-bond acceptors (Lipinski definition) is 7. The summed E-state index contributed by atoms with van der Waals surface area (Å²) in [4.78, 5) is 24.3. The maximum atomic E-state index is 12.2. The van der Waals surface area contributed by atoms with Gasteiger partial charge in [0.05, 0.1) is 32.3 Å². The highest BCUT2D eigenvalue weighted by molar-refractivity contribution is 6.74. The first-order valence-electron chi connectivity index (χ1n) is 11.2. The summed E-state index contributed by atoms with van der Waals surface area (Å²) in [6.07, 6.45) is 2.34. The molecule has 0 amide bonds. The number of methoxy groups -OCH3 is 2. The summed E-state index contributed by atoms with van der Waals surface area (Å²) in [7, 11) is 0.816. The minimum absolute atomic E-state index is 0.0949. The summed E-state index contributed by atoms with van der Waals surface area (Å²) in [6.45, 7) is 14.0. The lowest BCUT2D eigenvalue weighted by molar-refractivity contribution is -0.137. The van der Waals surface area contributed by atoms with Gasteiger partial charge in [0, 0.05) is 23.9 Å². The molecule has 7 nitrogen and oxygen atoms in total. The molecule has 0 aliphatic heterocycles. The van der Waals surface area contributed by atoms with E-state index in [2.05, 4.69) is 33.9 Å². The van der Waals surface area contributed by atoms with Gasteiger partial charge in [-0.2, -0.15) is 0 Å². The topological polar surface area (TPSA) is 80.3 Å². The molecule has 8 heteroatoms. The SMILES string of the molecule is CCOC(=O)/C=C/[C@H](O[Si](C)(C)C(C)(C)C)c1ccc2c(OC)ccc(OC)c2c1OC(C)=O. The smallest absolute Gasteiger partial charge is 0.330 e. The van der Waals surface area contributed by atoms with Gasteiger partial charge >= 0.3 is 11.9 Å². The number of hydrogen-bond donors (Lipinski definition) is 0. The van der Waals surface area contributed by atoms with Gasteiger partial charge in [0.25, 0.3) is 0 Å². The van der Waals surface area contributed by atoms with E-state index in [9.17, 15) is 9.59 Å². The quantitative estimate of drug-likeness (QED) is 0.186. The lowest BCUT2D eigenvalue weighted by Crippen LogP contribution is -2.41. The van der Waals surface area contributed by atoms with Crippen molar-refractivity contribution in [3.63, 3.8) is 0 Å². The average Bonchev–Trinajstić information content (AvgIpc) is 2.75. The molecule has 2 rings (SSSR count). The van der Waals surface area contributed by atoms with Crippen molar-refractivity contribution in [2.24, 2.45) is 0 Å². The number of ether oxygens (including phenoxy) is 4. The molecular formula is C26H36O7Si. The lowest BCUT2D eigenvalue weighted by atomic mass is 9.99. The van der Waals surface area contributed by atoms with E-state index in [-0.39, 0.29) is 11.6 Å². The van der Waals surface area contributed by atoms with Crippen LogP contribution in [0.5, 0.6) is 17.2 Å². The predicted molar refractivity (Wildman–Crippen MR) is 135 cm³/mol. The molecule has 186 valence electrons. The highest BCUT2D eigenvalue weighted by Gasteiger charge is 2.40. The molecule has 0 radical (unpaired) electrons. The van der Waals surface area contributed by atoms with Crippen LogP contribution in [0.2, 0.25) is 18.1 Å². The normalized spacial score (nSPS) is 13.1. The van der Waals surface area contributed by atoms with Gasteiger partial charge in [-0.25, -0.2) is 4.79 Å². The van der Waals surface area contributed by atoms with Crippen molar-refractivity contribution in [3.8, 4) is 17.2 Å². The second kappa shape index (κ2) is 11.1. The first-order valence-corrected chi connectivity index (χ1v) is 14.2. The monoisotopic (exact) mass is 488 g/mol. The van der Waals surface area contributed by atoms with Gasteiger partial charge in [0.15, 0.2) is 8.32 Å². The molecule has 0 spiro atoms. The van der Waals surface area contributed by atoms with Crippen LogP contribution in [-0.4, -0.2) is 41.1 Å². The number of carbonyl (C=O) groups excluding carboxylic acids is 2. The molecule has 0 aromatic heterocycles. The van der Waals surface area contributed by atoms with Gasteiger partial charge < -0.3 is 23.4 Å². The van der Waals surface area contributed by atoms with Crippen LogP contribution in [0.1, 0.15) is 46.3 Å².